The van der Waals surface area contributed by atoms with Crippen LogP contribution in [0, 0.1) is 12.8 Å². The summed E-state index contributed by atoms with van der Waals surface area (Å²) in [5.74, 6) is 1.27. The van der Waals surface area contributed by atoms with Gasteiger partial charge in [-0.25, -0.2) is 9.78 Å². The zero-order valence-electron chi connectivity index (χ0n) is 14.6. The average molecular weight is 371 g/mol. The number of nitrogens with one attached hydrogen (secondary N) is 1. The van der Waals surface area contributed by atoms with E-state index in [2.05, 4.69) is 10.3 Å². The van der Waals surface area contributed by atoms with Crippen molar-refractivity contribution in [2.45, 2.75) is 38.0 Å². The first kappa shape index (κ1) is 15.9. The summed E-state index contributed by atoms with van der Waals surface area (Å²) in [7, 11) is 0. The van der Waals surface area contributed by atoms with Gasteiger partial charge in [0, 0.05) is 24.0 Å². The lowest BCUT2D eigenvalue weighted by Gasteiger charge is -2.25. The number of rotatable bonds is 3. The first-order chi connectivity index (χ1) is 12.6. The molecule has 136 valence electrons. The fourth-order valence-electron chi connectivity index (χ4n) is 3.69. The molecule has 2 aliphatic heterocycles. The Balaban J connectivity index is 1.27. The van der Waals surface area contributed by atoms with Crippen LogP contribution >= 0.6 is 11.3 Å². The Morgan fingerprint density at radius 2 is 2.08 bits per heavy atom. The van der Waals surface area contributed by atoms with Crippen LogP contribution in [-0.2, 0) is 0 Å². The minimum absolute atomic E-state index is 0.0142. The Hall–Kier alpha value is -2.28. The maximum atomic E-state index is 12.9. The zero-order valence-corrected chi connectivity index (χ0v) is 15.4. The molecule has 3 heterocycles. The minimum atomic E-state index is -0.742. The monoisotopic (exact) mass is 371 g/mol. The molecule has 1 saturated carbocycles. The Morgan fingerprint density at radius 1 is 1.35 bits per heavy atom. The predicted octanol–water partition coefficient (Wildman–Crippen LogP) is 3.49. The standard InChI is InChI=1S/C19H21N3O3S/c1-12-10-20-17(26-12)16(13-6-7-13)21-18(23)22-9-8-19(11-22)24-14-4-2-3-5-15(14)25-19/h2-5,10,13,16H,6-9,11H2,1H3,(H,21,23). The molecule has 2 aromatic rings. The fourth-order valence-corrected chi connectivity index (χ4v) is 4.60. The highest BCUT2D eigenvalue weighted by Gasteiger charge is 2.49. The van der Waals surface area contributed by atoms with Gasteiger partial charge in [-0.15, -0.1) is 11.3 Å². The van der Waals surface area contributed by atoms with Gasteiger partial charge < -0.3 is 19.7 Å². The molecule has 1 aromatic carbocycles. The number of aryl methyl sites for hydroxylation is 1. The van der Waals surface area contributed by atoms with Crippen molar-refractivity contribution < 1.29 is 14.3 Å². The molecule has 0 bridgehead atoms. The van der Waals surface area contributed by atoms with E-state index in [-0.39, 0.29) is 12.1 Å². The second kappa shape index (κ2) is 5.87. The van der Waals surface area contributed by atoms with E-state index in [1.807, 2.05) is 37.4 Å². The highest BCUT2D eigenvalue weighted by atomic mass is 32.1. The van der Waals surface area contributed by atoms with Crippen LogP contribution in [0.1, 0.15) is 35.2 Å². The Kier molecular flexibility index (Phi) is 3.60. The number of fused-ring (bicyclic) bond motifs is 1. The van der Waals surface area contributed by atoms with Gasteiger partial charge >= 0.3 is 6.03 Å². The van der Waals surface area contributed by atoms with E-state index in [9.17, 15) is 4.79 Å². The second-order valence-electron chi connectivity index (χ2n) is 7.31. The van der Waals surface area contributed by atoms with Gasteiger partial charge in [0.2, 0.25) is 0 Å². The number of urea groups is 1. The number of aromatic nitrogens is 1. The van der Waals surface area contributed by atoms with Crippen molar-refractivity contribution in [3.05, 3.63) is 40.3 Å². The van der Waals surface area contributed by atoms with E-state index < -0.39 is 5.79 Å². The smallest absolute Gasteiger partial charge is 0.318 e. The summed E-state index contributed by atoms with van der Waals surface area (Å²) in [6, 6.07) is 7.62. The third kappa shape index (κ3) is 2.80. The number of hydrogen-bond acceptors (Lipinski definition) is 5. The molecule has 2 amide bonds. The molecule has 1 N–H and O–H groups in total. The van der Waals surface area contributed by atoms with E-state index in [0.717, 1.165) is 29.3 Å². The fraction of sp³-hybridized carbons (Fsp3) is 0.474. The summed E-state index contributed by atoms with van der Waals surface area (Å²) in [6.45, 7) is 3.10. The highest BCUT2D eigenvalue weighted by molar-refractivity contribution is 7.11. The van der Waals surface area contributed by atoms with E-state index in [1.165, 1.54) is 4.88 Å². The van der Waals surface area contributed by atoms with Crippen LogP contribution < -0.4 is 14.8 Å². The van der Waals surface area contributed by atoms with Crippen LogP contribution in [0.3, 0.4) is 0 Å². The van der Waals surface area contributed by atoms with Crippen molar-refractivity contribution in [2.24, 2.45) is 5.92 Å². The van der Waals surface area contributed by atoms with Gasteiger partial charge in [-0.05, 0) is 37.8 Å². The van der Waals surface area contributed by atoms with Crippen molar-refractivity contribution in [1.82, 2.24) is 15.2 Å². The molecule has 1 saturated heterocycles. The molecule has 2 fully saturated rings. The number of thiazole rings is 1. The van der Waals surface area contributed by atoms with Crippen molar-refractivity contribution in [3.63, 3.8) is 0 Å². The zero-order chi connectivity index (χ0) is 17.7. The molecule has 26 heavy (non-hydrogen) atoms. The van der Waals surface area contributed by atoms with Crippen LogP contribution in [0.4, 0.5) is 4.79 Å². The molecule has 0 radical (unpaired) electrons. The quantitative estimate of drug-likeness (QED) is 0.897. The normalized spacial score (nSPS) is 21.2. The average Bonchev–Trinajstić information content (AvgIpc) is 3.08. The third-order valence-electron chi connectivity index (χ3n) is 5.20. The summed E-state index contributed by atoms with van der Waals surface area (Å²) in [4.78, 5) is 20.3. The lowest BCUT2D eigenvalue weighted by molar-refractivity contribution is -0.0650. The molecule has 1 spiro atoms. The predicted molar refractivity (Wildman–Crippen MR) is 97.5 cm³/mol. The topological polar surface area (TPSA) is 63.7 Å². The molecule has 6 nitrogen and oxygen atoms in total. The number of nitrogens with zero attached hydrogens (tertiary/aromatic N) is 2. The maximum absolute atomic E-state index is 12.9. The van der Waals surface area contributed by atoms with E-state index in [1.54, 1.807) is 16.2 Å². The number of ether oxygens (including phenoxy) is 2. The lowest BCUT2D eigenvalue weighted by atomic mass is 10.2. The van der Waals surface area contributed by atoms with Gasteiger partial charge in [0.1, 0.15) is 5.01 Å². The maximum Gasteiger partial charge on any atom is 0.318 e. The summed E-state index contributed by atoms with van der Waals surface area (Å²) in [5, 5.41) is 4.21. The number of carbonyl (C=O) groups excluding carboxylic acids is 1. The van der Waals surface area contributed by atoms with Gasteiger partial charge in [0.25, 0.3) is 5.79 Å². The van der Waals surface area contributed by atoms with Gasteiger partial charge in [0.05, 0.1) is 12.6 Å². The Bertz CT molecular complexity index is 823. The van der Waals surface area contributed by atoms with Gasteiger partial charge in [-0.1, -0.05) is 12.1 Å². The SMILES string of the molecule is Cc1cnc(C(NC(=O)N2CCC3(C2)Oc2ccccc2O3)C2CC2)s1. The molecule has 7 heteroatoms. The molecular weight excluding hydrogens is 350 g/mol. The van der Waals surface area contributed by atoms with Crippen LogP contribution in [0.2, 0.25) is 0 Å². The van der Waals surface area contributed by atoms with Crippen LogP contribution in [0.25, 0.3) is 0 Å². The Labute approximate surface area is 156 Å². The van der Waals surface area contributed by atoms with Crippen LogP contribution in [0.15, 0.2) is 30.5 Å². The van der Waals surface area contributed by atoms with E-state index in [4.69, 9.17) is 9.47 Å². The Morgan fingerprint density at radius 3 is 2.69 bits per heavy atom. The van der Waals surface area contributed by atoms with Gasteiger partial charge in [-0.3, -0.25) is 0 Å². The van der Waals surface area contributed by atoms with Crippen molar-refractivity contribution in [1.29, 1.82) is 0 Å². The summed E-state index contributed by atoms with van der Waals surface area (Å²) in [6.07, 6.45) is 4.84. The van der Waals surface area contributed by atoms with E-state index >= 15 is 0 Å². The molecule has 1 atom stereocenters. The number of para-hydroxylation sites is 2. The van der Waals surface area contributed by atoms with E-state index in [0.29, 0.717) is 25.4 Å². The van der Waals surface area contributed by atoms with Gasteiger partial charge in [-0.2, -0.15) is 0 Å². The molecule has 1 unspecified atom stereocenters. The molecule has 1 aliphatic carbocycles. The van der Waals surface area contributed by atoms with Crippen molar-refractivity contribution in [2.75, 3.05) is 13.1 Å². The molecule has 3 aliphatic rings. The number of benzene rings is 1. The van der Waals surface area contributed by atoms with Crippen molar-refractivity contribution >= 4 is 17.4 Å². The summed E-state index contributed by atoms with van der Waals surface area (Å²) in [5.41, 5.74) is 0. The number of likely N-dealkylation sites (tertiary alicyclic amines) is 1. The number of hydrogen-bond donors (Lipinski definition) is 1. The second-order valence-corrected chi connectivity index (χ2v) is 8.57. The molecular formula is C19H21N3O3S. The molecule has 1 aromatic heterocycles. The molecule has 5 rings (SSSR count). The van der Waals surface area contributed by atoms with Gasteiger partial charge in [0.15, 0.2) is 11.5 Å². The van der Waals surface area contributed by atoms with Crippen molar-refractivity contribution in [3.8, 4) is 11.5 Å². The number of carbonyl (C=O) groups is 1. The minimum Gasteiger partial charge on any atom is -0.447 e. The summed E-state index contributed by atoms with van der Waals surface area (Å²) < 4.78 is 12.1. The first-order valence-corrected chi connectivity index (χ1v) is 9.88. The first-order valence-electron chi connectivity index (χ1n) is 9.07. The van der Waals surface area contributed by atoms with Crippen LogP contribution in [-0.4, -0.2) is 34.8 Å². The summed E-state index contributed by atoms with van der Waals surface area (Å²) >= 11 is 1.67. The largest absolute Gasteiger partial charge is 0.447 e. The third-order valence-corrected chi connectivity index (χ3v) is 6.20. The lowest BCUT2D eigenvalue weighted by Crippen LogP contribution is -2.46. The number of amides is 2. The highest BCUT2D eigenvalue weighted by Crippen LogP contribution is 2.44. The van der Waals surface area contributed by atoms with Crippen LogP contribution in [0.5, 0.6) is 11.5 Å².